The van der Waals surface area contributed by atoms with Crippen LogP contribution >= 0.6 is 23.8 Å². The lowest BCUT2D eigenvalue weighted by molar-refractivity contribution is 1.07. The molecular weight excluding hydrogens is 900 g/mol. The van der Waals surface area contributed by atoms with Gasteiger partial charge in [0.25, 0.3) is 0 Å². The third-order valence-electron chi connectivity index (χ3n) is 11.2. The van der Waals surface area contributed by atoms with Gasteiger partial charge in [-0.05, 0) is 122 Å². The van der Waals surface area contributed by atoms with Crippen LogP contribution in [0.15, 0.2) is 272 Å². The second-order valence-electron chi connectivity index (χ2n) is 16.4. The molecule has 0 spiro atoms. The average molecular weight is 966 g/mol. The quantitative estimate of drug-likeness (QED) is 0.0199. The van der Waals surface area contributed by atoms with E-state index in [1.54, 1.807) is 0 Å². The molecule has 0 bridgehead atoms. The van der Waals surface area contributed by atoms with Crippen LogP contribution in [-0.2, 0) is 12.7 Å². The van der Waals surface area contributed by atoms with Crippen LogP contribution in [0.1, 0.15) is 62.8 Å². The Morgan fingerprint density at radius 2 is 1.11 bits per heavy atom. The van der Waals surface area contributed by atoms with Crippen molar-refractivity contribution in [1.29, 1.82) is 0 Å². The minimum absolute atomic E-state index is 0.421. The third kappa shape index (κ3) is 16.9. The molecule has 6 rings (SSSR count). The van der Waals surface area contributed by atoms with Crippen molar-refractivity contribution in [2.75, 3.05) is 6.16 Å². The van der Waals surface area contributed by atoms with Crippen LogP contribution in [0.4, 0.5) is 0 Å². The van der Waals surface area contributed by atoms with Gasteiger partial charge in [0.2, 0.25) is 0 Å². The number of aliphatic imine (C=N–C) groups is 1. The lowest BCUT2D eigenvalue weighted by Crippen LogP contribution is -2.20. The molecule has 0 fully saturated rings. The summed E-state index contributed by atoms with van der Waals surface area (Å²) in [4.78, 5) is 5.40. The maximum absolute atomic E-state index is 5.40. The Morgan fingerprint density at radius 1 is 0.557 bits per heavy atom. The third-order valence-corrected chi connectivity index (χ3v) is 18.2. The predicted molar refractivity (Wildman–Crippen MR) is 317 cm³/mol. The second-order valence-corrected chi connectivity index (χ2v) is 23.0. The van der Waals surface area contributed by atoms with Crippen molar-refractivity contribution in [2.24, 2.45) is 4.99 Å². The van der Waals surface area contributed by atoms with Gasteiger partial charge in [-0.1, -0.05) is 276 Å². The summed E-state index contributed by atoms with van der Waals surface area (Å²) in [5.41, 5.74) is 6.49. The first-order chi connectivity index (χ1) is 34.5. The minimum atomic E-state index is -0.817. The van der Waals surface area contributed by atoms with Gasteiger partial charge in [0.15, 0.2) is 0 Å². The fourth-order valence-corrected chi connectivity index (χ4v) is 13.8. The van der Waals surface area contributed by atoms with E-state index in [0.29, 0.717) is 6.54 Å². The van der Waals surface area contributed by atoms with Crippen molar-refractivity contribution >= 4 is 61.6 Å². The van der Waals surface area contributed by atoms with Gasteiger partial charge >= 0.3 is 0 Å². The van der Waals surface area contributed by atoms with Gasteiger partial charge in [-0.2, -0.15) is 0 Å². The number of hydrogen-bond donors (Lipinski definition) is 0. The van der Waals surface area contributed by atoms with E-state index in [0.717, 1.165) is 52.9 Å². The van der Waals surface area contributed by atoms with Gasteiger partial charge in [-0.25, -0.2) is 0 Å². The van der Waals surface area contributed by atoms with E-state index in [4.69, 9.17) is 4.99 Å². The highest BCUT2D eigenvalue weighted by atomic mass is 31.1. The van der Waals surface area contributed by atoms with Crippen LogP contribution in [0, 0.1) is 11.8 Å². The van der Waals surface area contributed by atoms with Crippen LogP contribution in [-0.4, -0.2) is 11.9 Å². The fourth-order valence-electron chi connectivity index (χ4n) is 7.64. The molecule has 4 heteroatoms. The van der Waals surface area contributed by atoms with Crippen LogP contribution < -0.4 is 26.5 Å². The highest BCUT2D eigenvalue weighted by Crippen LogP contribution is 2.45. The first kappa shape index (κ1) is 52.9. The topological polar surface area (TPSA) is 12.4 Å². The molecule has 2 unspecified atom stereocenters. The van der Waals surface area contributed by atoms with Gasteiger partial charge in [0.05, 0.1) is 12.3 Å². The van der Waals surface area contributed by atoms with Crippen molar-refractivity contribution in [1.82, 2.24) is 0 Å². The lowest BCUT2D eigenvalue weighted by atomic mass is 10.0. The maximum Gasteiger partial charge on any atom is 0.0663 e. The zero-order valence-corrected chi connectivity index (χ0v) is 44.0. The minimum Gasteiger partial charge on any atom is -0.280 e. The molecule has 0 aromatic heterocycles. The smallest absolute Gasteiger partial charge is 0.0663 e. The van der Waals surface area contributed by atoms with Crippen molar-refractivity contribution in [3.63, 3.8) is 0 Å². The van der Waals surface area contributed by atoms with Gasteiger partial charge in [0.1, 0.15) is 0 Å². The number of nitrogens with zero attached hydrogens (tertiary/aromatic N) is 1. The zero-order chi connectivity index (χ0) is 49.0. The maximum atomic E-state index is 5.40. The van der Waals surface area contributed by atoms with E-state index < -0.39 is 23.8 Å². The van der Waals surface area contributed by atoms with Gasteiger partial charge in [-0.15, -0.1) is 5.92 Å². The Hall–Kier alpha value is -6.50. The Labute approximate surface area is 424 Å². The predicted octanol–water partition coefficient (Wildman–Crippen LogP) is 16.2. The summed E-state index contributed by atoms with van der Waals surface area (Å²) in [6.07, 6.45) is 34.2. The molecule has 0 aliphatic heterocycles. The summed E-state index contributed by atoms with van der Waals surface area (Å²) < 4.78 is 0. The fraction of sp³-hybridized carbons (Fsp3) is 0.136. The number of benzene rings is 6. The summed E-state index contributed by atoms with van der Waals surface area (Å²) in [5, 5.41) is 7.66. The highest BCUT2D eigenvalue weighted by Gasteiger charge is 2.17. The van der Waals surface area contributed by atoms with E-state index >= 15 is 0 Å². The van der Waals surface area contributed by atoms with Crippen molar-refractivity contribution in [3.05, 3.63) is 289 Å². The first-order valence-corrected chi connectivity index (χ1v) is 28.7. The Kier molecular flexibility index (Phi) is 22.8. The molecule has 0 saturated heterocycles. The molecule has 350 valence electrons. The summed E-state index contributed by atoms with van der Waals surface area (Å²) in [6, 6.07) is 59.8. The summed E-state index contributed by atoms with van der Waals surface area (Å²) in [6.45, 7) is 13.2. The molecular formula is C66H66NP3. The van der Waals surface area contributed by atoms with E-state index in [-0.39, 0.29) is 0 Å². The lowest BCUT2D eigenvalue weighted by Gasteiger charge is -2.19. The second kappa shape index (κ2) is 30.2. The molecule has 0 radical (unpaired) electrons. The summed E-state index contributed by atoms with van der Waals surface area (Å²) in [7, 11) is -1.97. The van der Waals surface area contributed by atoms with Crippen LogP contribution in [0.5, 0.6) is 0 Å². The number of rotatable bonds is 23. The molecule has 0 amide bonds. The van der Waals surface area contributed by atoms with E-state index in [9.17, 15) is 0 Å². The molecule has 0 aliphatic carbocycles. The van der Waals surface area contributed by atoms with Gasteiger partial charge < -0.3 is 0 Å². The summed E-state index contributed by atoms with van der Waals surface area (Å²) >= 11 is 0. The molecule has 0 N–H and O–H groups in total. The van der Waals surface area contributed by atoms with E-state index in [2.05, 4.69) is 256 Å². The normalized spacial score (nSPS) is 13.4. The van der Waals surface area contributed by atoms with E-state index in [1.807, 2.05) is 45.1 Å². The SMILES string of the molecule is C=C(/C=C\C=C/C)P(/C=C/C=C\C=C/C)c1ccc(C(/C=C(\C#CC)c2ccc(P(c3ccccc3)c3ccccc3)cc2)=NCc2ccc(P(C/C=C\C/C=C\CC)Cc3ccccc3)cc2)cc1. The van der Waals surface area contributed by atoms with Gasteiger partial charge in [-0.3, -0.25) is 4.99 Å². The highest BCUT2D eigenvalue weighted by molar-refractivity contribution is 7.79. The van der Waals surface area contributed by atoms with Crippen LogP contribution in [0.2, 0.25) is 0 Å². The molecule has 2 atom stereocenters. The monoisotopic (exact) mass is 965 g/mol. The Bertz CT molecular complexity index is 2830. The van der Waals surface area contributed by atoms with Crippen LogP contribution in [0.3, 0.4) is 0 Å². The largest absolute Gasteiger partial charge is 0.280 e. The standard InChI is InChI=1S/C66H66NP3/c1-6-10-13-15-17-28-50-68(54-57-32-22-18-23-33-57)61-44-38-56(39-45-61)53-67-66(59-42-46-62(47-43-59)69(51-29-16-14-11-7-2)55(5)31-21-12-8-3)52-60(30-9-4)58-40-48-65(49-41-58)70(63-34-24-19-25-35-63)64-36-26-20-27-37-64/h7-8,10-14,16-29,31-49,51-52H,5-6,15,50,53-54H2,1-4H3/b11-7-,12-8-,13-10-,16-14-,28-17-,31-21-,51-29+,60-52+,67-66?. The molecule has 6 aromatic rings. The Balaban J connectivity index is 1.36. The Morgan fingerprint density at radius 3 is 1.74 bits per heavy atom. The average Bonchev–Trinajstić information content (AvgIpc) is 3.40. The summed E-state index contributed by atoms with van der Waals surface area (Å²) in [5.74, 6) is 8.97. The molecule has 70 heavy (non-hydrogen) atoms. The van der Waals surface area contributed by atoms with Crippen LogP contribution in [0.25, 0.3) is 5.57 Å². The molecule has 0 saturated carbocycles. The van der Waals surface area contributed by atoms with E-state index in [1.165, 1.54) is 37.6 Å². The zero-order valence-electron chi connectivity index (χ0n) is 41.3. The number of hydrogen-bond acceptors (Lipinski definition) is 1. The molecule has 0 heterocycles. The number of allylic oxidation sites excluding steroid dienone is 16. The van der Waals surface area contributed by atoms with Crippen molar-refractivity contribution in [3.8, 4) is 11.8 Å². The van der Waals surface area contributed by atoms with Gasteiger partial charge in [0, 0.05) is 5.57 Å². The van der Waals surface area contributed by atoms with Crippen molar-refractivity contribution < 1.29 is 0 Å². The molecule has 0 aliphatic rings. The van der Waals surface area contributed by atoms with Crippen molar-refractivity contribution in [2.45, 2.75) is 53.2 Å². The molecule has 1 nitrogen and oxygen atoms in total. The first-order valence-electron chi connectivity index (χ1n) is 24.2. The molecule has 6 aromatic carbocycles.